The topological polar surface area (TPSA) is 80.4 Å². The fourth-order valence-electron chi connectivity index (χ4n) is 0.667. The van der Waals surface area contributed by atoms with Crippen molar-refractivity contribution in [3.8, 4) is 11.8 Å². The molecule has 1 aromatic rings. The van der Waals surface area contributed by atoms with Gasteiger partial charge >= 0.3 is 0 Å². The molecular weight excluding hydrogens is 210 g/mol. The fourth-order valence-corrected chi connectivity index (χ4v) is 2.27. The Hall–Kier alpha value is -0.870. The van der Waals surface area contributed by atoms with E-state index in [4.69, 9.17) is 10.2 Å². The van der Waals surface area contributed by atoms with E-state index in [2.05, 4.69) is 11.8 Å². The van der Waals surface area contributed by atoms with Crippen molar-refractivity contribution in [1.29, 1.82) is 0 Å². The first-order valence-corrected chi connectivity index (χ1v) is 5.62. The maximum Gasteiger partial charge on any atom is 0.247 e. The largest absolute Gasteiger partial charge is 0.384 e. The number of hydrogen-bond acceptors (Lipinski definition) is 4. The number of rotatable bonds is 1. The highest BCUT2D eigenvalue weighted by atomic mass is 32.2. The molecule has 0 saturated carbocycles. The minimum absolute atomic E-state index is 0.0785. The maximum absolute atomic E-state index is 10.8. The summed E-state index contributed by atoms with van der Waals surface area (Å²) in [5.41, 5.74) is 0. The predicted octanol–water partition coefficient (Wildman–Crippen LogP) is -0.261. The second kappa shape index (κ2) is 3.89. The van der Waals surface area contributed by atoms with Gasteiger partial charge in [-0.15, -0.1) is 11.3 Å². The van der Waals surface area contributed by atoms with E-state index in [9.17, 15) is 8.42 Å². The van der Waals surface area contributed by atoms with Crippen LogP contribution in [-0.4, -0.2) is 20.1 Å². The van der Waals surface area contributed by atoms with Gasteiger partial charge in [-0.3, -0.25) is 0 Å². The molecule has 4 nitrogen and oxygen atoms in total. The molecule has 0 aromatic carbocycles. The van der Waals surface area contributed by atoms with Crippen molar-refractivity contribution in [3.63, 3.8) is 0 Å². The summed E-state index contributed by atoms with van der Waals surface area (Å²) in [5.74, 6) is 4.99. The van der Waals surface area contributed by atoms with Gasteiger partial charge < -0.3 is 5.11 Å². The van der Waals surface area contributed by atoms with E-state index in [0.29, 0.717) is 4.88 Å². The van der Waals surface area contributed by atoms with Crippen molar-refractivity contribution >= 4 is 21.4 Å². The summed E-state index contributed by atoms with van der Waals surface area (Å²) in [6.45, 7) is -0.247. The second-order valence-electron chi connectivity index (χ2n) is 2.12. The number of thiophene rings is 1. The van der Waals surface area contributed by atoms with E-state index < -0.39 is 10.0 Å². The lowest BCUT2D eigenvalue weighted by Crippen LogP contribution is -2.09. The number of nitrogens with two attached hydrogens (primary N) is 1. The van der Waals surface area contributed by atoms with Crippen LogP contribution in [0.3, 0.4) is 0 Å². The predicted molar refractivity (Wildman–Crippen MR) is 49.7 cm³/mol. The fraction of sp³-hybridized carbons (Fsp3) is 0.143. The maximum atomic E-state index is 10.8. The number of aliphatic hydroxyl groups excluding tert-OH is 1. The van der Waals surface area contributed by atoms with Crippen LogP contribution in [0.15, 0.2) is 16.3 Å². The summed E-state index contributed by atoms with van der Waals surface area (Å²) in [4.78, 5) is 0.568. The highest BCUT2D eigenvalue weighted by molar-refractivity contribution is 7.91. The van der Waals surface area contributed by atoms with Crippen LogP contribution >= 0.6 is 11.3 Å². The van der Waals surface area contributed by atoms with Gasteiger partial charge in [0.2, 0.25) is 10.0 Å². The van der Waals surface area contributed by atoms with Crippen LogP contribution in [0.2, 0.25) is 0 Å². The molecule has 0 radical (unpaired) electrons. The Morgan fingerprint density at radius 1 is 1.54 bits per heavy atom. The zero-order valence-corrected chi connectivity index (χ0v) is 8.15. The molecule has 1 rings (SSSR count). The monoisotopic (exact) mass is 217 g/mol. The molecule has 13 heavy (non-hydrogen) atoms. The summed E-state index contributed by atoms with van der Waals surface area (Å²) in [7, 11) is -3.62. The molecule has 0 aliphatic rings. The molecule has 0 fully saturated rings. The van der Waals surface area contributed by atoms with Crippen LogP contribution in [0.4, 0.5) is 0 Å². The number of primary sulfonamides is 1. The third-order valence-corrected chi connectivity index (χ3v) is 3.59. The molecule has 3 N–H and O–H groups in total. The molecule has 0 bridgehead atoms. The molecule has 0 unspecified atom stereocenters. The van der Waals surface area contributed by atoms with Gasteiger partial charge in [-0.2, -0.15) is 0 Å². The van der Waals surface area contributed by atoms with Gasteiger partial charge in [0.15, 0.2) is 0 Å². The first kappa shape index (κ1) is 10.2. The highest BCUT2D eigenvalue weighted by Gasteiger charge is 2.09. The number of sulfonamides is 1. The Bertz CT molecular complexity index is 450. The number of hydrogen-bond donors (Lipinski definition) is 2. The lowest BCUT2D eigenvalue weighted by atomic mass is 10.4. The molecule has 70 valence electrons. The van der Waals surface area contributed by atoms with Gasteiger partial charge in [0.05, 0.1) is 4.88 Å². The van der Waals surface area contributed by atoms with Gasteiger partial charge in [0.1, 0.15) is 10.8 Å². The smallest absolute Gasteiger partial charge is 0.247 e. The highest BCUT2D eigenvalue weighted by Crippen LogP contribution is 2.18. The Balaban J connectivity index is 3.01. The Morgan fingerprint density at radius 3 is 2.69 bits per heavy atom. The molecule has 0 saturated heterocycles. The molecule has 0 spiro atoms. The zero-order chi connectivity index (χ0) is 9.90. The van der Waals surface area contributed by atoms with Crippen molar-refractivity contribution < 1.29 is 13.5 Å². The van der Waals surface area contributed by atoms with Crippen LogP contribution in [0.5, 0.6) is 0 Å². The van der Waals surface area contributed by atoms with Gasteiger partial charge in [-0.1, -0.05) is 11.8 Å². The SMILES string of the molecule is NS(=O)(=O)c1ccc(C#CCO)s1. The summed E-state index contributed by atoms with van der Waals surface area (Å²) in [6.07, 6.45) is 0. The average molecular weight is 217 g/mol. The molecule has 0 atom stereocenters. The minimum Gasteiger partial charge on any atom is -0.384 e. The summed E-state index contributed by atoms with van der Waals surface area (Å²) >= 11 is 0.982. The summed E-state index contributed by atoms with van der Waals surface area (Å²) in [6, 6.07) is 2.94. The van der Waals surface area contributed by atoms with Gasteiger partial charge in [0.25, 0.3) is 0 Å². The van der Waals surface area contributed by atoms with E-state index >= 15 is 0 Å². The van der Waals surface area contributed by atoms with Crippen molar-refractivity contribution in [2.45, 2.75) is 4.21 Å². The van der Waals surface area contributed by atoms with E-state index in [1.54, 1.807) is 6.07 Å². The minimum atomic E-state index is -3.62. The van der Waals surface area contributed by atoms with Gasteiger partial charge in [0, 0.05) is 0 Å². The lowest BCUT2D eigenvalue weighted by molar-refractivity contribution is 0.350. The standard InChI is InChI=1S/C7H7NO3S2/c8-13(10,11)7-4-3-6(12-7)2-1-5-9/h3-4,9H,5H2,(H2,8,10,11). The first-order valence-electron chi connectivity index (χ1n) is 3.26. The normalized spacial score (nSPS) is 10.6. The molecule has 0 amide bonds. The molecule has 0 aliphatic heterocycles. The van der Waals surface area contributed by atoms with E-state index in [0.717, 1.165) is 11.3 Å². The molecule has 1 aromatic heterocycles. The van der Waals surface area contributed by atoms with Crippen LogP contribution in [-0.2, 0) is 10.0 Å². The van der Waals surface area contributed by atoms with Crippen LogP contribution in [0.1, 0.15) is 4.88 Å². The van der Waals surface area contributed by atoms with E-state index in [1.165, 1.54) is 6.07 Å². The van der Waals surface area contributed by atoms with E-state index in [-0.39, 0.29) is 10.8 Å². The van der Waals surface area contributed by atoms with Crippen LogP contribution in [0.25, 0.3) is 0 Å². The molecular formula is C7H7NO3S2. The number of aliphatic hydroxyl groups is 1. The lowest BCUT2D eigenvalue weighted by Gasteiger charge is -1.87. The van der Waals surface area contributed by atoms with Gasteiger partial charge in [-0.05, 0) is 12.1 Å². The van der Waals surface area contributed by atoms with Gasteiger partial charge in [-0.25, -0.2) is 13.6 Å². The third kappa shape index (κ3) is 2.82. The van der Waals surface area contributed by atoms with Crippen LogP contribution in [0, 0.1) is 11.8 Å². The Labute approximate surface area is 80.1 Å². The summed E-state index contributed by atoms with van der Waals surface area (Å²) < 4.78 is 21.7. The molecule has 6 heteroatoms. The molecule has 1 heterocycles. The first-order chi connectivity index (χ1) is 6.04. The Kier molecular flexibility index (Phi) is 3.06. The molecule has 0 aliphatic carbocycles. The van der Waals surface area contributed by atoms with Crippen molar-refractivity contribution in [1.82, 2.24) is 0 Å². The van der Waals surface area contributed by atoms with Crippen molar-refractivity contribution in [3.05, 3.63) is 17.0 Å². The van der Waals surface area contributed by atoms with E-state index in [1.807, 2.05) is 0 Å². The third-order valence-electron chi connectivity index (χ3n) is 1.15. The van der Waals surface area contributed by atoms with Crippen molar-refractivity contribution in [2.24, 2.45) is 5.14 Å². The Morgan fingerprint density at radius 2 is 2.23 bits per heavy atom. The quantitative estimate of drug-likeness (QED) is 0.636. The summed E-state index contributed by atoms with van der Waals surface area (Å²) in [5, 5.41) is 13.3. The zero-order valence-electron chi connectivity index (χ0n) is 6.52. The van der Waals surface area contributed by atoms with Crippen molar-refractivity contribution in [2.75, 3.05) is 6.61 Å². The average Bonchev–Trinajstić information content (AvgIpc) is 2.47. The van der Waals surface area contributed by atoms with Crippen LogP contribution < -0.4 is 5.14 Å². The second-order valence-corrected chi connectivity index (χ2v) is 5.00.